The molecule has 3 fully saturated rings. The van der Waals surface area contributed by atoms with Gasteiger partial charge >= 0.3 is 13.6 Å². The maximum absolute atomic E-state index is 14.6. The molecule has 3 aliphatic heterocycles. The van der Waals surface area contributed by atoms with Gasteiger partial charge < -0.3 is 47.8 Å². The lowest BCUT2D eigenvalue weighted by Crippen LogP contribution is -2.61. The average molecular weight is 1050 g/mol. The van der Waals surface area contributed by atoms with Gasteiger partial charge in [-0.3, -0.25) is 23.7 Å². The molecule has 1 amide bonds. The number of hydrogen-bond donors (Lipinski definition) is 2. The zero-order valence-electron chi connectivity index (χ0n) is 46.0. The minimum atomic E-state index is -3.35. The topological polar surface area (TPSA) is 211 Å². The normalized spacial score (nSPS) is 38.2. The Labute approximate surface area is 435 Å². The number of amides is 1. The Morgan fingerprint density at radius 1 is 0.877 bits per heavy atom. The van der Waals surface area contributed by atoms with E-state index in [1.807, 2.05) is 65.0 Å². The van der Waals surface area contributed by atoms with Gasteiger partial charge in [-0.2, -0.15) is 0 Å². The lowest BCUT2D eigenvalue weighted by molar-refractivity contribution is -0.265. The fourth-order valence-corrected chi connectivity index (χ4v) is 12.1. The maximum atomic E-state index is 14.6. The van der Waals surface area contributed by atoms with Gasteiger partial charge in [-0.05, 0) is 113 Å². The smallest absolute Gasteiger partial charge is 0.329 e. The molecule has 414 valence electrons. The Kier molecular flexibility index (Phi) is 25.1. The minimum Gasteiger partial charge on any atom is -0.460 e. The van der Waals surface area contributed by atoms with Crippen LogP contribution in [0.3, 0.4) is 0 Å². The number of ketones is 3. The van der Waals surface area contributed by atoms with E-state index in [-0.39, 0.29) is 42.8 Å². The second kappa shape index (κ2) is 29.4. The van der Waals surface area contributed by atoms with E-state index >= 15 is 0 Å². The average Bonchev–Trinajstić information content (AvgIpc) is 3.35. The second-order valence-corrected chi connectivity index (χ2v) is 23.6. The summed E-state index contributed by atoms with van der Waals surface area (Å²) in [4.78, 5) is 72.5. The van der Waals surface area contributed by atoms with Crippen LogP contribution >= 0.6 is 7.60 Å². The summed E-state index contributed by atoms with van der Waals surface area (Å²) in [5.41, 5.74) is 1.25. The number of carbonyl (C=O) groups excluding carboxylic acids is 5. The SMILES string of the molecule is CCCCOP(C)(=O)O[C@@H]1CC[C@@H](C[C@@H](C)[C@@H]2CC(=O)[C@H](C)/C=C(\C)[C@@H](O)[C@@H](OC)C(=O)[C@H](C)C[C@H](C)/C=C/C=C/C=C(\C)[C@@H](OC)C[C@@H]3CC[C@@H](C)[C@@](O)(O3)C(=O)C(=O)N3CCCC[C@H]3C(=O)O2)C[C@H]1OC. The molecule has 0 aromatic rings. The lowest BCUT2D eigenvalue weighted by Gasteiger charge is -2.42. The van der Waals surface area contributed by atoms with Crippen molar-refractivity contribution >= 4 is 36.8 Å². The quantitative estimate of drug-likeness (QED) is 0.0615. The Morgan fingerprint density at radius 2 is 1.60 bits per heavy atom. The summed E-state index contributed by atoms with van der Waals surface area (Å²) in [5.74, 6) is -8.25. The standard InChI is InChI=1S/C56H90NO15P/c1-13-14-28-69-73(12,65)72-46-26-24-42(32-49(46)67-10)31-38(5)48-34-45(58)37(4)30-40(7)51(60)52(68-11)50(59)39(6)29-35(2)20-16-15-17-21-36(3)47(66-9)33-43-25-23-41(8)56(64,71-43)53(61)54(62)57-27-19-18-22-44(57)55(63)70-48/h15-17,20-21,30,35,37-39,41-44,46-49,51-52,60,64H,13-14,18-19,22-29,31-34H2,1-12H3/b17-15+,20-16+,36-21+,40-30+/t35-,37-,38-,39-,41-,42+,43+,44+,46-,47+,48+,49-,51-,52+,56-,73?/m1/s1. The van der Waals surface area contributed by atoms with Crippen molar-refractivity contribution in [3.63, 3.8) is 0 Å². The fourth-order valence-electron chi connectivity index (χ4n) is 10.9. The number of hydrogen-bond acceptors (Lipinski definition) is 15. The molecule has 3 heterocycles. The van der Waals surface area contributed by atoms with Crippen LogP contribution < -0.4 is 0 Å². The Hall–Kier alpha value is -3.18. The number of aliphatic hydroxyl groups excluding tert-OH is 1. The first kappa shape index (κ1) is 62.4. The summed E-state index contributed by atoms with van der Waals surface area (Å²) >= 11 is 0. The molecule has 1 unspecified atom stereocenters. The second-order valence-electron chi connectivity index (χ2n) is 21.6. The first-order valence-electron chi connectivity index (χ1n) is 26.9. The highest BCUT2D eigenvalue weighted by molar-refractivity contribution is 7.53. The summed E-state index contributed by atoms with van der Waals surface area (Å²) in [6, 6.07) is -1.17. The third-order valence-electron chi connectivity index (χ3n) is 15.6. The third-order valence-corrected chi connectivity index (χ3v) is 16.9. The number of carbonyl (C=O) groups is 5. The number of Topliss-reactive ketones (excluding diaryl/α,β-unsaturated/α-hetero) is 3. The molecule has 1 aliphatic carbocycles. The summed E-state index contributed by atoms with van der Waals surface area (Å²) in [7, 11) is 1.19. The van der Waals surface area contributed by atoms with E-state index in [0.29, 0.717) is 76.4 Å². The van der Waals surface area contributed by atoms with Crippen molar-refractivity contribution in [1.29, 1.82) is 0 Å². The summed E-state index contributed by atoms with van der Waals surface area (Å²) in [6.45, 7) is 16.5. The van der Waals surface area contributed by atoms with E-state index in [1.54, 1.807) is 41.1 Å². The van der Waals surface area contributed by atoms with Gasteiger partial charge in [0.15, 0.2) is 5.78 Å². The molecule has 73 heavy (non-hydrogen) atoms. The van der Waals surface area contributed by atoms with Gasteiger partial charge in [0.25, 0.3) is 11.7 Å². The monoisotopic (exact) mass is 1050 g/mol. The Morgan fingerprint density at radius 3 is 2.27 bits per heavy atom. The van der Waals surface area contributed by atoms with Crippen LogP contribution in [0.5, 0.6) is 0 Å². The van der Waals surface area contributed by atoms with Gasteiger partial charge in [0, 0.05) is 65.1 Å². The van der Waals surface area contributed by atoms with Gasteiger partial charge in [-0.15, -0.1) is 0 Å². The molecule has 2 saturated heterocycles. The molecule has 4 rings (SSSR count). The molecule has 16 atom stereocenters. The number of allylic oxidation sites excluding steroid dienone is 6. The molecule has 0 aromatic carbocycles. The molecule has 2 N–H and O–H groups in total. The first-order chi connectivity index (χ1) is 34.5. The first-order valence-corrected chi connectivity index (χ1v) is 28.9. The van der Waals surface area contributed by atoms with Crippen molar-refractivity contribution in [1.82, 2.24) is 4.90 Å². The summed E-state index contributed by atoms with van der Waals surface area (Å²) in [5, 5.41) is 23.5. The molecule has 0 spiro atoms. The highest BCUT2D eigenvalue weighted by atomic mass is 31.2. The van der Waals surface area contributed by atoms with Gasteiger partial charge in [-0.1, -0.05) is 84.4 Å². The van der Waals surface area contributed by atoms with Gasteiger partial charge in [0.2, 0.25) is 5.79 Å². The number of unbranched alkanes of at least 4 members (excludes halogenated alkanes) is 1. The van der Waals surface area contributed by atoms with Crippen molar-refractivity contribution in [3.8, 4) is 0 Å². The van der Waals surface area contributed by atoms with Gasteiger partial charge in [0.1, 0.15) is 30.1 Å². The van der Waals surface area contributed by atoms with E-state index < -0.39 is 103 Å². The van der Waals surface area contributed by atoms with Crippen LogP contribution in [-0.4, -0.2) is 140 Å². The highest BCUT2D eigenvalue weighted by Crippen LogP contribution is 2.49. The van der Waals surface area contributed by atoms with Crippen LogP contribution in [0, 0.1) is 35.5 Å². The predicted molar refractivity (Wildman–Crippen MR) is 278 cm³/mol. The predicted octanol–water partition coefficient (Wildman–Crippen LogP) is 8.84. The Bertz CT molecular complexity index is 2020. The molecular weight excluding hydrogens is 958 g/mol. The molecule has 0 aromatic heterocycles. The third kappa shape index (κ3) is 17.7. The largest absolute Gasteiger partial charge is 0.460 e. The van der Waals surface area contributed by atoms with E-state index in [0.717, 1.165) is 18.4 Å². The van der Waals surface area contributed by atoms with Crippen molar-refractivity contribution in [2.75, 3.05) is 41.1 Å². The van der Waals surface area contributed by atoms with Crippen molar-refractivity contribution in [3.05, 3.63) is 47.6 Å². The summed E-state index contributed by atoms with van der Waals surface area (Å²) in [6.07, 6.45) is 12.5. The minimum absolute atomic E-state index is 0.00627. The van der Waals surface area contributed by atoms with E-state index in [9.17, 15) is 38.8 Å². The Balaban J connectivity index is 1.68. The van der Waals surface area contributed by atoms with Crippen molar-refractivity contribution in [2.45, 2.75) is 200 Å². The van der Waals surface area contributed by atoms with Gasteiger partial charge in [-0.25, -0.2) is 4.79 Å². The van der Waals surface area contributed by atoms with Crippen LogP contribution in [0.15, 0.2) is 47.6 Å². The molecule has 0 radical (unpaired) electrons. The lowest BCUT2D eigenvalue weighted by atomic mass is 9.78. The fraction of sp³-hybridized carbons (Fsp3) is 0.768. The number of piperidine rings is 1. The number of ether oxygens (including phenoxy) is 5. The number of nitrogens with zero attached hydrogens (tertiary/aromatic N) is 1. The van der Waals surface area contributed by atoms with Crippen LogP contribution in [0.25, 0.3) is 0 Å². The molecule has 2 bridgehead atoms. The van der Waals surface area contributed by atoms with Crippen LogP contribution in [0.4, 0.5) is 0 Å². The maximum Gasteiger partial charge on any atom is 0.329 e. The van der Waals surface area contributed by atoms with Gasteiger partial charge in [0.05, 0.1) is 31.0 Å². The molecular formula is C56H90NO15P. The number of fused-ring (bicyclic) bond motifs is 3. The molecule has 1 saturated carbocycles. The highest BCUT2D eigenvalue weighted by Gasteiger charge is 2.53. The zero-order chi connectivity index (χ0) is 54.2. The van der Waals surface area contributed by atoms with Crippen molar-refractivity contribution < 1.29 is 71.5 Å². The zero-order valence-corrected chi connectivity index (χ0v) is 46.9. The van der Waals surface area contributed by atoms with E-state index in [1.165, 1.54) is 18.7 Å². The number of methoxy groups -OCH3 is 3. The number of cyclic esters (lactones) is 1. The number of esters is 1. The molecule has 16 nitrogen and oxygen atoms in total. The summed E-state index contributed by atoms with van der Waals surface area (Å²) < 4.78 is 54.7. The van der Waals surface area contributed by atoms with Crippen LogP contribution in [-0.2, 0) is 61.3 Å². The van der Waals surface area contributed by atoms with E-state index in [4.69, 9.17) is 32.7 Å². The van der Waals surface area contributed by atoms with Crippen LogP contribution in [0.1, 0.15) is 145 Å². The number of rotatable bonds is 12. The number of aliphatic hydroxyl groups is 2. The van der Waals surface area contributed by atoms with E-state index in [2.05, 4.69) is 0 Å². The van der Waals surface area contributed by atoms with Crippen molar-refractivity contribution in [2.24, 2.45) is 35.5 Å². The molecule has 4 aliphatic rings. The van der Waals surface area contributed by atoms with Crippen LogP contribution in [0.2, 0.25) is 0 Å². The molecule has 17 heteroatoms.